The van der Waals surface area contributed by atoms with Crippen LogP contribution in [0.3, 0.4) is 0 Å². The van der Waals surface area contributed by atoms with Crippen molar-refractivity contribution in [2.45, 2.75) is 19.4 Å². The van der Waals surface area contributed by atoms with E-state index in [0.29, 0.717) is 30.2 Å². The maximum absolute atomic E-state index is 12.9. The van der Waals surface area contributed by atoms with Gasteiger partial charge in [-0.05, 0) is 25.1 Å². The van der Waals surface area contributed by atoms with Crippen molar-refractivity contribution in [2.24, 2.45) is 0 Å². The van der Waals surface area contributed by atoms with Crippen LogP contribution in [0.4, 0.5) is 4.39 Å². The molecule has 0 aromatic heterocycles. The van der Waals surface area contributed by atoms with Gasteiger partial charge < -0.3 is 9.84 Å². The molecule has 4 heteroatoms. The Kier molecular flexibility index (Phi) is 5.02. The third-order valence-corrected chi connectivity index (χ3v) is 2.40. The van der Waals surface area contributed by atoms with Gasteiger partial charge in [-0.15, -0.1) is 0 Å². The second-order valence-corrected chi connectivity index (χ2v) is 3.57. The zero-order chi connectivity index (χ0) is 11.3. The van der Waals surface area contributed by atoms with E-state index in [1.165, 1.54) is 18.2 Å². The molecule has 1 rings (SSSR count). The largest absolute Gasteiger partial charge is 0.388 e. The Labute approximate surface area is 93.6 Å². The van der Waals surface area contributed by atoms with Crippen molar-refractivity contribution in [3.05, 3.63) is 34.6 Å². The van der Waals surface area contributed by atoms with Crippen LogP contribution in [0, 0.1) is 5.82 Å². The lowest BCUT2D eigenvalue weighted by Gasteiger charge is -2.12. The predicted octanol–water partition coefficient (Wildman–Crippen LogP) is 2.94. The number of ether oxygens (including phenoxy) is 1. The van der Waals surface area contributed by atoms with Gasteiger partial charge in [0.15, 0.2) is 0 Å². The molecule has 0 radical (unpaired) electrons. The first-order valence-electron chi connectivity index (χ1n) is 4.86. The molecule has 84 valence electrons. The maximum Gasteiger partial charge on any atom is 0.123 e. The highest BCUT2D eigenvalue weighted by molar-refractivity contribution is 6.31. The van der Waals surface area contributed by atoms with Crippen molar-refractivity contribution in [3.63, 3.8) is 0 Å². The second kappa shape index (κ2) is 6.05. The molecule has 0 heterocycles. The van der Waals surface area contributed by atoms with Crippen LogP contribution in [-0.2, 0) is 4.74 Å². The molecule has 1 aromatic rings. The van der Waals surface area contributed by atoms with Crippen LogP contribution in [-0.4, -0.2) is 18.3 Å². The first kappa shape index (κ1) is 12.4. The van der Waals surface area contributed by atoms with Crippen LogP contribution in [0.1, 0.15) is 25.0 Å². The minimum Gasteiger partial charge on any atom is -0.388 e. The van der Waals surface area contributed by atoms with Crippen molar-refractivity contribution in [1.29, 1.82) is 0 Å². The fourth-order valence-corrected chi connectivity index (χ4v) is 1.51. The molecule has 0 saturated heterocycles. The molecule has 1 atom stereocenters. The topological polar surface area (TPSA) is 29.5 Å². The van der Waals surface area contributed by atoms with Gasteiger partial charge in [0.2, 0.25) is 0 Å². The van der Waals surface area contributed by atoms with E-state index in [2.05, 4.69) is 0 Å². The van der Waals surface area contributed by atoms with Crippen molar-refractivity contribution >= 4 is 11.6 Å². The first-order valence-corrected chi connectivity index (χ1v) is 5.23. The van der Waals surface area contributed by atoms with Crippen molar-refractivity contribution in [3.8, 4) is 0 Å². The fraction of sp³-hybridized carbons (Fsp3) is 0.455. The van der Waals surface area contributed by atoms with Gasteiger partial charge in [0, 0.05) is 30.2 Å². The lowest BCUT2D eigenvalue weighted by Crippen LogP contribution is -2.04. The van der Waals surface area contributed by atoms with Crippen LogP contribution in [0.25, 0.3) is 0 Å². The summed E-state index contributed by atoms with van der Waals surface area (Å²) in [7, 11) is 0. The Bertz CT molecular complexity index is 317. The average Bonchev–Trinajstić information content (AvgIpc) is 2.22. The maximum atomic E-state index is 12.9. The Morgan fingerprint density at radius 1 is 1.53 bits per heavy atom. The van der Waals surface area contributed by atoms with E-state index in [0.717, 1.165) is 0 Å². The van der Waals surface area contributed by atoms with E-state index < -0.39 is 11.9 Å². The summed E-state index contributed by atoms with van der Waals surface area (Å²) in [5.74, 6) is -0.398. The predicted molar refractivity (Wildman–Crippen MR) is 57.5 cm³/mol. The van der Waals surface area contributed by atoms with E-state index >= 15 is 0 Å². The number of aliphatic hydroxyl groups excluding tert-OH is 1. The quantitative estimate of drug-likeness (QED) is 0.791. The summed E-state index contributed by atoms with van der Waals surface area (Å²) in [6, 6.07) is 3.95. The number of aliphatic hydroxyl groups is 1. The van der Waals surface area contributed by atoms with Crippen LogP contribution < -0.4 is 0 Å². The fourth-order valence-electron chi connectivity index (χ4n) is 1.26. The Balaban J connectivity index is 2.64. The van der Waals surface area contributed by atoms with E-state index in [-0.39, 0.29) is 0 Å². The van der Waals surface area contributed by atoms with Gasteiger partial charge in [-0.1, -0.05) is 11.6 Å². The van der Waals surface area contributed by atoms with Gasteiger partial charge in [-0.2, -0.15) is 0 Å². The first-order chi connectivity index (χ1) is 7.15. The van der Waals surface area contributed by atoms with Crippen molar-refractivity contribution in [2.75, 3.05) is 13.2 Å². The molecule has 0 spiro atoms. The van der Waals surface area contributed by atoms with Gasteiger partial charge in [-0.25, -0.2) is 4.39 Å². The molecule has 15 heavy (non-hydrogen) atoms. The highest BCUT2D eigenvalue weighted by Gasteiger charge is 2.12. The summed E-state index contributed by atoms with van der Waals surface area (Å²) in [5.41, 5.74) is 0.413. The molecule has 0 aliphatic heterocycles. The number of halogens is 2. The van der Waals surface area contributed by atoms with E-state index in [9.17, 15) is 9.50 Å². The molecular weight excluding hydrogens is 219 g/mol. The summed E-state index contributed by atoms with van der Waals surface area (Å²) >= 11 is 5.84. The second-order valence-electron chi connectivity index (χ2n) is 3.17. The van der Waals surface area contributed by atoms with E-state index in [4.69, 9.17) is 16.3 Å². The summed E-state index contributed by atoms with van der Waals surface area (Å²) in [4.78, 5) is 0. The van der Waals surface area contributed by atoms with Crippen molar-refractivity contribution in [1.82, 2.24) is 0 Å². The Morgan fingerprint density at radius 3 is 2.93 bits per heavy atom. The Hall–Kier alpha value is -0.640. The van der Waals surface area contributed by atoms with Crippen LogP contribution in [0.2, 0.25) is 5.02 Å². The zero-order valence-corrected chi connectivity index (χ0v) is 9.30. The molecule has 0 bridgehead atoms. The standard InChI is InChI=1S/C11H14ClFO2/c1-2-15-6-5-11(14)9-7-8(13)3-4-10(9)12/h3-4,7,11,14H,2,5-6H2,1H3. The average molecular weight is 233 g/mol. The molecular formula is C11H14ClFO2. The summed E-state index contributed by atoms with van der Waals surface area (Å²) in [5, 5.41) is 10.1. The van der Waals surface area contributed by atoms with Gasteiger partial charge >= 0.3 is 0 Å². The van der Waals surface area contributed by atoms with Gasteiger partial charge in [-0.3, -0.25) is 0 Å². The Morgan fingerprint density at radius 2 is 2.27 bits per heavy atom. The molecule has 1 aromatic carbocycles. The molecule has 1 unspecified atom stereocenters. The molecule has 0 aliphatic carbocycles. The zero-order valence-electron chi connectivity index (χ0n) is 8.54. The lowest BCUT2D eigenvalue weighted by atomic mass is 10.1. The molecule has 0 saturated carbocycles. The molecule has 0 aliphatic rings. The van der Waals surface area contributed by atoms with Crippen LogP contribution in [0.15, 0.2) is 18.2 Å². The molecule has 2 nitrogen and oxygen atoms in total. The van der Waals surface area contributed by atoms with Crippen LogP contribution in [0.5, 0.6) is 0 Å². The van der Waals surface area contributed by atoms with E-state index in [1.807, 2.05) is 6.92 Å². The highest BCUT2D eigenvalue weighted by atomic mass is 35.5. The monoisotopic (exact) mass is 232 g/mol. The third-order valence-electron chi connectivity index (χ3n) is 2.06. The van der Waals surface area contributed by atoms with Gasteiger partial charge in [0.25, 0.3) is 0 Å². The normalized spacial score (nSPS) is 12.8. The third kappa shape index (κ3) is 3.78. The molecule has 1 N–H and O–H groups in total. The number of benzene rings is 1. The number of rotatable bonds is 5. The lowest BCUT2D eigenvalue weighted by molar-refractivity contribution is 0.0885. The number of hydrogen-bond donors (Lipinski definition) is 1. The highest BCUT2D eigenvalue weighted by Crippen LogP contribution is 2.25. The smallest absolute Gasteiger partial charge is 0.123 e. The van der Waals surface area contributed by atoms with Crippen molar-refractivity contribution < 1.29 is 14.2 Å². The SMILES string of the molecule is CCOCCC(O)c1cc(F)ccc1Cl. The molecule has 0 amide bonds. The summed E-state index contributed by atoms with van der Waals surface area (Å²) < 4.78 is 18.0. The van der Waals surface area contributed by atoms with Gasteiger partial charge in [0.1, 0.15) is 5.82 Å². The minimum absolute atomic E-state index is 0.375. The van der Waals surface area contributed by atoms with Gasteiger partial charge in [0.05, 0.1) is 6.10 Å². The molecule has 0 fully saturated rings. The number of hydrogen-bond acceptors (Lipinski definition) is 2. The summed E-state index contributed by atoms with van der Waals surface area (Å²) in [6.45, 7) is 2.91. The minimum atomic E-state index is -0.778. The van der Waals surface area contributed by atoms with Crippen LogP contribution >= 0.6 is 11.6 Å². The summed E-state index contributed by atoms with van der Waals surface area (Å²) in [6.07, 6.45) is -0.364. The van der Waals surface area contributed by atoms with E-state index in [1.54, 1.807) is 0 Å².